The molecule has 2 fully saturated rings. The van der Waals surface area contributed by atoms with Gasteiger partial charge >= 0.3 is 0 Å². The van der Waals surface area contributed by atoms with E-state index in [1.54, 1.807) is 11.3 Å². The third-order valence-electron chi connectivity index (χ3n) is 5.32. The summed E-state index contributed by atoms with van der Waals surface area (Å²) in [7, 11) is 0. The molecule has 0 aromatic carbocycles. The van der Waals surface area contributed by atoms with Crippen LogP contribution >= 0.6 is 35.3 Å². The van der Waals surface area contributed by atoms with E-state index in [9.17, 15) is 0 Å². The SMILES string of the molecule is CCNC(=NCc1nc(C)c(C)s1)N1CCC(CN2CCCCC2)C1.I. The fourth-order valence-corrected chi connectivity index (χ4v) is 4.71. The number of nitrogens with one attached hydrogen (secondary N) is 1. The van der Waals surface area contributed by atoms with E-state index < -0.39 is 0 Å². The molecule has 3 rings (SSSR count). The summed E-state index contributed by atoms with van der Waals surface area (Å²) >= 11 is 1.77. The normalized spacial score (nSPS) is 21.7. The van der Waals surface area contributed by atoms with E-state index in [1.165, 1.54) is 50.2 Å². The Bertz CT molecular complexity index is 563. The molecule has 5 nitrogen and oxygen atoms in total. The van der Waals surface area contributed by atoms with Gasteiger partial charge in [-0.15, -0.1) is 35.3 Å². The lowest BCUT2D eigenvalue weighted by Crippen LogP contribution is -2.41. The third kappa shape index (κ3) is 6.05. The average molecular weight is 491 g/mol. The summed E-state index contributed by atoms with van der Waals surface area (Å²) in [5, 5.41) is 4.60. The number of thiazole rings is 1. The number of halogens is 1. The maximum absolute atomic E-state index is 4.87. The summed E-state index contributed by atoms with van der Waals surface area (Å²) in [4.78, 5) is 15.9. The van der Waals surface area contributed by atoms with E-state index in [-0.39, 0.29) is 24.0 Å². The Balaban J connectivity index is 0.00000243. The van der Waals surface area contributed by atoms with E-state index in [1.807, 2.05) is 0 Å². The molecule has 0 saturated carbocycles. The van der Waals surface area contributed by atoms with E-state index >= 15 is 0 Å². The molecule has 2 aliphatic rings. The Morgan fingerprint density at radius 2 is 2.00 bits per heavy atom. The Morgan fingerprint density at radius 3 is 2.65 bits per heavy atom. The van der Waals surface area contributed by atoms with Crippen LogP contribution in [0.5, 0.6) is 0 Å². The van der Waals surface area contributed by atoms with Gasteiger partial charge in [0.2, 0.25) is 0 Å². The first kappa shape index (κ1) is 21.9. The fourth-order valence-electron chi connectivity index (χ4n) is 3.86. The van der Waals surface area contributed by atoms with Crippen molar-refractivity contribution in [1.82, 2.24) is 20.1 Å². The van der Waals surface area contributed by atoms with Gasteiger partial charge in [-0.2, -0.15) is 0 Å². The Hall–Kier alpha value is -0.410. The molecule has 3 heterocycles. The van der Waals surface area contributed by atoms with Crippen molar-refractivity contribution in [2.45, 2.75) is 53.0 Å². The van der Waals surface area contributed by atoms with Gasteiger partial charge in [-0.25, -0.2) is 9.98 Å². The minimum absolute atomic E-state index is 0. The second-order valence-corrected chi connectivity index (χ2v) is 8.67. The van der Waals surface area contributed by atoms with E-state index in [4.69, 9.17) is 4.99 Å². The lowest BCUT2D eigenvalue weighted by molar-refractivity contribution is 0.198. The number of aromatic nitrogens is 1. The van der Waals surface area contributed by atoms with Crippen molar-refractivity contribution >= 4 is 41.3 Å². The zero-order chi connectivity index (χ0) is 17.6. The largest absolute Gasteiger partial charge is 0.357 e. The van der Waals surface area contributed by atoms with Crippen LogP contribution in [0.4, 0.5) is 0 Å². The molecule has 148 valence electrons. The number of aliphatic imine (C=N–C) groups is 1. The predicted molar refractivity (Wildman–Crippen MR) is 122 cm³/mol. The van der Waals surface area contributed by atoms with Crippen LogP contribution in [0, 0.1) is 19.8 Å². The van der Waals surface area contributed by atoms with E-state index in [0.29, 0.717) is 6.54 Å². The highest BCUT2D eigenvalue weighted by Gasteiger charge is 2.27. The van der Waals surface area contributed by atoms with Crippen molar-refractivity contribution in [2.24, 2.45) is 10.9 Å². The van der Waals surface area contributed by atoms with Crippen molar-refractivity contribution in [3.8, 4) is 0 Å². The number of hydrogen-bond acceptors (Lipinski definition) is 4. The Kier molecular flexibility index (Phi) is 9.09. The van der Waals surface area contributed by atoms with Crippen molar-refractivity contribution < 1.29 is 0 Å². The maximum atomic E-state index is 4.87. The van der Waals surface area contributed by atoms with Gasteiger partial charge in [0.25, 0.3) is 0 Å². The fraction of sp³-hybridized carbons (Fsp3) is 0.789. The topological polar surface area (TPSA) is 43.8 Å². The summed E-state index contributed by atoms with van der Waals surface area (Å²) in [5.74, 6) is 1.85. The van der Waals surface area contributed by atoms with Crippen LogP contribution in [-0.2, 0) is 6.54 Å². The molecule has 7 heteroatoms. The van der Waals surface area contributed by atoms with Crippen molar-refractivity contribution in [3.05, 3.63) is 15.6 Å². The molecule has 0 bridgehead atoms. The summed E-state index contributed by atoms with van der Waals surface area (Å²) in [6.45, 7) is 14.1. The first-order valence-electron chi connectivity index (χ1n) is 9.84. The first-order chi connectivity index (χ1) is 12.2. The van der Waals surface area contributed by atoms with Crippen molar-refractivity contribution in [3.63, 3.8) is 0 Å². The van der Waals surface area contributed by atoms with Gasteiger partial charge in [-0.1, -0.05) is 6.42 Å². The molecule has 1 atom stereocenters. The highest BCUT2D eigenvalue weighted by atomic mass is 127. The van der Waals surface area contributed by atoms with E-state index in [0.717, 1.165) is 42.2 Å². The van der Waals surface area contributed by atoms with Gasteiger partial charge in [-0.3, -0.25) is 0 Å². The highest BCUT2D eigenvalue weighted by molar-refractivity contribution is 14.0. The Labute approximate surface area is 179 Å². The number of hydrogen-bond donors (Lipinski definition) is 1. The standard InChI is InChI=1S/C19H33N5S.HI/c1-4-20-19(21-12-18-22-15(2)16(3)25-18)24-11-8-17(14-24)13-23-9-6-5-7-10-23;/h17H,4-14H2,1-3H3,(H,20,21);1H. The van der Waals surface area contributed by atoms with Gasteiger partial charge in [0.15, 0.2) is 5.96 Å². The molecule has 2 aliphatic heterocycles. The van der Waals surface area contributed by atoms with Crippen LogP contribution in [0.25, 0.3) is 0 Å². The molecular formula is C19H34IN5S. The smallest absolute Gasteiger partial charge is 0.194 e. The lowest BCUT2D eigenvalue weighted by Gasteiger charge is -2.29. The van der Waals surface area contributed by atoms with E-state index in [2.05, 4.69) is 40.9 Å². The molecule has 1 aromatic rings. The lowest BCUT2D eigenvalue weighted by atomic mass is 10.1. The van der Waals surface area contributed by atoms with Crippen LogP contribution in [0.2, 0.25) is 0 Å². The molecular weight excluding hydrogens is 457 g/mol. The summed E-state index contributed by atoms with van der Waals surface area (Å²) < 4.78 is 0. The minimum Gasteiger partial charge on any atom is -0.357 e. The van der Waals surface area contributed by atoms with Gasteiger partial charge in [0.1, 0.15) is 5.01 Å². The molecule has 0 aliphatic carbocycles. The van der Waals surface area contributed by atoms with Crippen molar-refractivity contribution in [1.29, 1.82) is 0 Å². The van der Waals surface area contributed by atoms with Crippen LogP contribution in [-0.4, -0.2) is 60.0 Å². The van der Waals surface area contributed by atoms with Crippen LogP contribution in [0.15, 0.2) is 4.99 Å². The van der Waals surface area contributed by atoms with Crippen LogP contribution in [0.3, 0.4) is 0 Å². The first-order valence-corrected chi connectivity index (χ1v) is 10.7. The van der Waals surface area contributed by atoms with Gasteiger partial charge in [-0.05, 0) is 59.0 Å². The number of nitrogens with zero attached hydrogens (tertiary/aromatic N) is 4. The van der Waals surface area contributed by atoms with Crippen LogP contribution < -0.4 is 5.32 Å². The molecule has 1 unspecified atom stereocenters. The van der Waals surface area contributed by atoms with Gasteiger partial charge in [0, 0.05) is 31.1 Å². The number of rotatable bonds is 5. The summed E-state index contributed by atoms with van der Waals surface area (Å²) in [5.41, 5.74) is 1.14. The minimum atomic E-state index is 0. The molecule has 1 aromatic heterocycles. The number of piperidine rings is 1. The van der Waals surface area contributed by atoms with Gasteiger partial charge < -0.3 is 15.1 Å². The molecule has 1 N–H and O–H groups in total. The highest BCUT2D eigenvalue weighted by Crippen LogP contribution is 2.21. The molecule has 0 radical (unpaired) electrons. The Morgan fingerprint density at radius 1 is 1.23 bits per heavy atom. The molecule has 26 heavy (non-hydrogen) atoms. The summed E-state index contributed by atoms with van der Waals surface area (Å²) in [6.07, 6.45) is 5.47. The zero-order valence-electron chi connectivity index (χ0n) is 16.5. The number of guanidine groups is 1. The predicted octanol–water partition coefficient (Wildman–Crippen LogP) is 3.65. The monoisotopic (exact) mass is 491 g/mol. The molecule has 0 amide bonds. The zero-order valence-corrected chi connectivity index (χ0v) is 19.6. The average Bonchev–Trinajstić information content (AvgIpc) is 3.19. The summed E-state index contributed by atoms with van der Waals surface area (Å²) in [6, 6.07) is 0. The van der Waals surface area contributed by atoms with Gasteiger partial charge in [0.05, 0.1) is 12.2 Å². The molecule has 2 saturated heterocycles. The van der Waals surface area contributed by atoms with Crippen molar-refractivity contribution in [2.75, 3.05) is 39.3 Å². The maximum Gasteiger partial charge on any atom is 0.194 e. The quantitative estimate of drug-likeness (QED) is 0.388. The molecule has 0 spiro atoms. The number of likely N-dealkylation sites (tertiary alicyclic amines) is 2. The number of aryl methyl sites for hydroxylation is 2. The van der Waals surface area contributed by atoms with Crippen LogP contribution in [0.1, 0.15) is 48.2 Å². The second kappa shape index (κ2) is 10.8. The third-order valence-corrected chi connectivity index (χ3v) is 6.38. The second-order valence-electron chi connectivity index (χ2n) is 7.38.